The summed E-state index contributed by atoms with van der Waals surface area (Å²) >= 11 is 0. The van der Waals surface area contributed by atoms with Crippen molar-refractivity contribution < 1.29 is 72.9 Å². The lowest BCUT2D eigenvalue weighted by molar-refractivity contribution is -0.231. The van der Waals surface area contributed by atoms with Crippen LogP contribution < -0.4 is 4.74 Å². The Kier molecular flexibility index (Phi) is 7.39. The first kappa shape index (κ1) is 30.6. The van der Waals surface area contributed by atoms with E-state index in [1.54, 1.807) is 6.92 Å². The van der Waals surface area contributed by atoms with Gasteiger partial charge in [0.1, 0.15) is 17.6 Å². The van der Waals surface area contributed by atoms with Gasteiger partial charge in [-0.1, -0.05) is 6.92 Å². The van der Waals surface area contributed by atoms with Crippen molar-refractivity contribution in [1.29, 1.82) is 0 Å². The molecular weight excluding hydrogens is 583 g/mol. The van der Waals surface area contributed by atoms with Gasteiger partial charge in [0.25, 0.3) is 0 Å². The van der Waals surface area contributed by atoms with Crippen LogP contribution in [0, 0.1) is 24.2 Å². The van der Waals surface area contributed by atoms with Gasteiger partial charge >= 0.3 is 36.4 Å². The van der Waals surface area contributed by atoms with E-state index in [1.807, 2.05) is 0 Å². The molecule has 6 unspecified atom stereocenters. The minimum atomic E-state index is -5.67. The summed E-state index contributed by atoms with van der Waals surface area (Å²) in [6.45, 7) is 2.85. The van der Waals surface area contributed by atoms with Crippen LogP contribution in [0.25, 0.3) is 0 Å². The highest BCUT2D eigenvalue weighted by atomic mass is 19.4. The maximum atomic E-state index is 13.3. The molecule has 226 valence electrons. The highest BCUT2D eigenvalue weighted by molar-refractivity contribution is 5.87. The molecule has 0 aromatic heterocycles. The number of hydrogen-bond acceptors (Lipinski definition) is 7. The van der Waals surface area contributed by atoms with E-state index in [1.165, 1.54) is 6.92 Å². The van der Waals surface area contributed by atoms with Gasteiger partial charge in [-0.25, -0.2) is 14.4 Å². The molecule has 16 heteroatoms. The Morgan fingerprint density at radius 1 is 0.854 bits per heavy atom. The van der Waals surface area contributed by atoms with Crippen LogP contribution in [0.3, 0.4) is 0 Å². The number of esters is 3. The van der Waals surface area contributed by atoms with Gasteiger partial charge in [-0.05, 0) is 61.3 Å². The first-order valence-electron chi connectivity index (χ1n) is 12.2. The molecule has 3 aliphatic carbocycles. The highest BCUT2D eigenvalue weighted by Crippen LogP contribution is 2.63. The molecule has 6 atom stereocenters. The van der Waals surface area contributed by atoms with Gasteiger partial charge in [0.2, 0.25) is 0 Å². The van der Waals surface area contributed by atoms with Crippen molar-refractivity contribution in [1.82, 2.24) is 0 Å². The van der Waals surface area contributed by atoms with Crippen molar-refractivity contribution in [2.45, 2.75) is 76.2 Å². The van der Waals surface area contributed by atoms with Crippen LogP contribution in [-0.4, -0.2) is 48.3 Å². The number of rotatable bonds is 3. The number of ketones is 1. The maximum absolute atomic E-state index is 13.3. The summed E-state index contributed by atoms with van der Waals surface area (Å²) in [5, 5.41) is 0. The number of hydrogen-bond donors (Lipinski definition) is 0. The molecule has 2 fully saturated rings. The third-order valence-corrected chi connectivity index (χ3v) is 8.17. The number of ether oxygens (including phenoxy) is 3. The molecule has 0 heterocycles. The molecule has 4 rings (SSSR count). The van der Waals surface area contributed by atoms with E-state index >= 15 is 0 Å². The van der Waals surface area contributed by atoms with E-state index < -0.39 is 83.1 Å². The molecule has 0 N–H and O–H groups in total. The molecule has 0 radical (unpaired) electrons. The Morgan fingerprint density at radius 3 is 1.98 bits per heavy atom. The number of carbonyl (C=O) groups excluding carboxylic acids is 4. The van der Waals surface area contributed by atoms with Crippen molar-refractivity contribution in [3.63, 3.8) is 0 Å². The largest absolute Gasteiger partial charge is 0.491 e. The smallest absolute Gasteiger partial charge is 0.451 e. The maximum Gasteiger partial charge on any atom is 0.491 e. The number of fused-ring (bicyclic) bond motifs is 5. The SMILES string of the molecule is Cc1cc(OC(=O)C(F)(F)F)cc2c1C1CCC3(C)C(=O)CCC3C1C(OC(=O)C(F)(F)F)C2OC(=O)C(F)(F)F. The lowest BCUT2D eigenvalue weighted by Gasteiger charge is -2.52. The summed E-state index contributed by atoms with van der Waals surface area (Å²) in [4.78, 5) is 48.2. The fourth-order valence-electron chi connectivity index (χ4n) is 6.54. The molecule has 0 spiro atoms. The van der Waals surface area contributed by atoms with E-state index in [2.05, 4.69) is 9.47 Å². The Bertz CT molecular complexity index is 1280. The third-order valence-electron chi connectivity index (χ3n) is 8.17. The second-order valence-corrected chi connectivity index (χ2v) is 10.5. The molecule has 0 saturated heterocycles. The zero-order valence-corrected chi connectivity index (χ0v) is 21.1. The van der Waals surface area contributed by atoms with Crippen LogP contribution in [0.4, 0.5) is 39.5 Å². The van der Waals surface area contributed by atoms with E-state index in [0.29, 0.717) is 6.07 Å². The molecule has 0 bridgehead atoms. The summed E-state index contributed by atoms with van der Waals surface area (Å²) in [5.41, 5.74) is -1.48. The van der Waals surface area contributed by atoms with E-state index in [-0.39, 0.29) is 42.6 Å². The third kappa shape index (κ3) is 5.48. The molecule has 0 aliphatic heterocycles. The van der Waals surface area contributed by atoms with Crippen LogP contribution in [0.5, 0.6) is 5.75 Å². The lowest BCUT2D eigenvalue weighted by atomic mass is 9.54. The number of halogens is 9. The molecule has 2 saturated carbocycles. The van der Waals surface area contributed by atoms with Gasteiger partial charge in [-0.2, -0.15) is 39.5 Å². The van der Waals surface area contributed by atoms with Crippen molar-refractivity contribution >= 4 is 23.7 Å². The molecule has 0 amide bonds. The fraction of sp³-hybridized carbons (Fsp3) is 0.600. The first-order chi connectivity index (χ1) is 18.7. The van der Waals surface area contributed by atoms with E-state index in [0.717, 1.165) is 6.07 Å². The van der Waals surface area contributed by atoms with Gasteiger partial charge < -0.3 is 14.2 Å². The van der Waals surface area contributed by atoms with Crippen LogP contribution in [0.1, 0.15) is 61.3 Å². The van der Waals surface area contributed by atoms with Gasteiger partial charge in [-0.15, -0.1) is 0 Å². The predicted octanol–water partition coefficient (Wildman–Crippen LogP) is 5.58. The molecule has 1 aromatic rings. The van der Waals surface area contributed by atoms with Gasteiger partial charge in [0, 0.05) is 23.3 Å². The summed E-state index contributed by atoms with van der Waals surface area (Å²) in [7, 11) is 0. The van der Waals surface area contributed by atoms with Crippen LogP contribution in [-0.2, 0) is 28.7 Å². The van der Waals surface area contributed by atoms with Crippen molar-refractivity contribution in [2.75, 3.05) is 0 Å². The standard InChI is InChI=1S/C25H21F9O7/c1-9-7-10(39-19(36)23(26,27)28)8-12-15(9)11-5-6-22(2)13(3-4-14(22)35)16(11)18(41-21(38)25(32,33)34)17(12)40-20(37)24(29,30)31/h7-8,11,13,16-18H,3-6H2,1-2H3. The molecule has 7 nitrogen and oxygen atoms in total. The number of aryl methyl sites for hydroxylation is 1. The van der Waals surface area contributed by atoms with E-state index in [9.17, 15) is 58.7 Å². The topological polar surface area (TPSA) is 96.0 Å². The molecular formula is C25H21F9O7. The average Bonchev–Trinajstić information content (AvgIpc) is 3.12. The number of alkyl halides is 9. The summed E-state index contributed by atoms with van der Waals surface area (Å²) < 4.78 is 132. The summed E-state index contributed by atoms with van der Waals surface area (Å²) in [5.74, 6) is -12.4. The van der Waals surface area contributed by atoms with Crippen molar-refractivity contribution in [3.05, 3.63) is 28.8 Å². The zero-order valence-electron chi connectivity index (χ0n) is 21.1. The fourth-order valence-corrected chi connectivity index (χ4v) is 6.54. The van der Waals surface area contributed by atoms with Crippen molar-refractivity contribution in [2.24, 2.45) is 17.3 Å². The van der Waals surface area contributed by atoms with Gasteiger partial charge in [0.05, 0.1) is 0 Å². The Labute approximate surface area is 225 Å². The van der Waals surface area contributed by atoms with Gasteiger partial charge in [0.15, 0.2) is 6.10 Å². The van der Waals surface area contributed by atoms with Crippen LogP contribution >= 0.6 is 0 Å². The Balaban J connectivity index is 1.93. The van der Waals surface area contributed by atoms with Crippen LogP contribution in [0.15, 0.2) is 12.1 Å². The minimum absolute atomic E-state index is 0.00446. The Hall–Kier alpha value is -3.33. The first-order valence-corrected chi connectivity index (χ1v) is 12.2. The quantitative estimate of drug-likeness (QED) is 0.253. The minimum Gasteiger partial charge on any atom is -0.451 e. The number of benzene rings is 1. The average molecular weight is 604 g/mol. The van der Waals surface area contributed by atoms with Crippen molar-refractivity contribution in [3.8, 4) is 5.75 Å². The van der Waals surface area contributed by atoms with Gasteiger partial charge in [-0.3, -0.25) is 4.79 Å². The predicted molar refractivity (Wildman–Crippen MR) is 115 cm³/mol. The molecule has 1 aromatic carbocycles. The molecule has 41 heavy (non-hydrogen) atoms. The molecule has 3 aliphatic rings. The normalized spacial score (nSPS) is 29.6. The Morgan fingerprint density at radius 2 is 1.41 bits per heavy atom. The lowest BCUT2D eigenvalue weighted by Crippen LogP contribution is -2.53. The van der Waals surface area contributed by atoms with Crippen LogP contribution in [0.2, 0.25) is 0 Å². The summed E-state index contributed by atoms with van der Waals surface area (Å²) in [6, 6.07) is 1.61. The monoisotopic (exact) mass is 604 g/mol. The number of carbonyl (C=O) groups is 4. The zero-order chi connectivity index (χ0) is 30.9. The second kappa shape index (κ2) is 9.89. The highest BCUT2D eigenvalue weighted by Gasteiger charge is 2.62. The van der Waals surface area contributed by atoms with E-state index in [4.69, 9.17) is 4.74 Å². The summed E-state index contributed by atoms with van der Waals surface area (Å²) in [6.07, 6.45) is -21.1. The number of Topliss-reactive ketones (excluding diaryl/α,β-unsaturated/α-hetero) is 1. The second-order valence-electron chi connectivity index (χ2n) is 10.5.